The monoisotopic (exact) mass is 383 g/mol. The third kappa shape index (κ3) is 6.40. The minimum atomic E-state index is 0.391. The molecule has 0 aliphatic heterocycles. The molecule has 0 radical (unpaired) electrons. The molecule has 0 aliphatic rings. The third-order valence-electron chi connectivity index (χ3n) is 3.62. The van der Waals surface area contributed by atoms with Gasteiger partial charge in [0.1, 0.15) is 6.61 Å². The molecule has 0 saturated carbocycles. The highest BCUT2D eigenvalue weighted by atomic mass is 35.5. The van der Waals surface area contributed by atoms with Crippen molar-refractivity contribution in [3.8, 4) is 11.5 Å². The van der Waals surface area contributed by atoms with Gasteiger partial charge in [-0.2, -0.15) is 0 Å². The second-order valence-electron chi connectivity index (χ2n) is 5.55. The van der Waals surface area contributed by atoms with Crippen LogP contribution in [0, 0.1) is 0 Å². The fourth-order valence-corrected chi connectivity index (χ4v) is 2.74. The Balaban J connectivity index is 1.99. The summed E-state index contributed by atoms with van der Waals surface area (Å²) in [5.74, 6) is 1.16. The molecule has 0 heterocycles. The van der Waals surface area contributed by atoms with Crippen molar-refractivity contribution < 1.29 is 14.2 Å². The number of benzene rings is 2. The number of halogens is 2. The lowest BCUT2D eigenvalue weighted by molar-refractivity contribution is 0.194. The van der Waals surface area contributed by atoms with E-state index in [2.05, 4.69) is 5.32 Å². The normalized spacial score (nSPS) is 10.7. The minimum absolute atomic E-state index is 0.391. The molecule has 0 aliphatic carbocycles. The first-order valence-corrected chi connectivity index (χ1v) is 8.83. The van der Waals surface area contributed by atoms with Gasteiger partial charge in [0.25, 0.3) is 0 Å². The topological polar surface area (TPSA) is 39.7 Å². The number of methoxy groups -OCH3 is 2. The Labute approximate surface area is 159 Å². The minimum Gasteiger partial charge on any atom is -0.493 e. The van der Waals surface area contributed by atoms with Gasteiger partial charge in [0.15, 0.2) is 11.5 Å². The highest BCUT2D eigenvalue weighted by Gasteiger charge is 2.12. The van der Waals surface area contributed by atoms with Gasteiger partial charge in [0.05, 0.1) is 12.1 Å². The van der Waals surface area contributed by atoms with Gasteiger partial charge in [0.2, 0.25) is 0 Å². The number of ether oxygens (including phenoxy) is 3. The SMILES string of the molecule is COCCCNCc1cc(Cl)c(OCc2ccc(Cl)cc2)c(OC)c1. The Morgan fingerprint density at radius 2 is 1.76 bits per heavy atom. The summed E-state index contributed by atoms with van der Waals surface area (Å²) in [6.07, 6.45) is 0.962. The van der Waals surface area contributed by atoms with Crippen LogP contribution in [-0.2, 0) is 17.9 Å². The smallest absolute Gasteiger partial charge is 0.180 e. The quantitative estimate of drug-likeness (QED) is 0.603. The Hall–Kier alpha value is -1.46. The molecule has 4 nitrogen and oxygen atoms in total. The molecule has 2 aromatic rings. The first kappa shape index (κ1) is 19.9. The maximum absolute atomic E-state index is 6.39. The van der Waals surface area contributed by atoms with Crippen molar-refractivity contribution in [1.82, 2.24) is 5.32 Å². The average Bonchev–Trinajstić information content (AvgIpc) is 2.61. The summed E-state index contributed by atoms with van der Waals surface area (Å²) in [4.78, 5) is 0. The van der Waals surface area contributed by atoms with Gasteiger partial charge in [-0.3, -0.25) is 0 Å². The van der Waals surface area contributed by atoms with E-state index in [0.717, 1.165) is 30.7 Å². The molecule has 6 heteroatoms. The van der Waals surface area contributed by atoms with E-state index in [9.17, 15) is 0 Å². The van der Waals surface area contributed by atoms with Gasteiger partial charge in [-0.05, 0) is 48.4 Å². The van der Waals surface area contributed by atoms with Crippen LogP contribution in [-0.4, -0.2) is 27.4 Å². The molecule has 0 aromatic heterocycles. The molecule has 2 rings (SSSR count). The summed E-state index contributed by atoms with van der Waals surface area (Å²) in [7, 11) is 3.31. The van der Waals surface area contributed by atoms with Gasteiger partial charge in [-0.15, -0.1) is 0 Å². The predicted molar refractivity (Wildman–Crippen MR) is 102 cm³/mol. The summed E-state index contributed by atoms with van der Waals surface area (Å²) < 4.78 is 16.3. The van der Waals surface area contributed by atoms with Gasteiger partial charge in [-0.25, -0.2) is 0 Å². The van der Waals surface area contributed by atoms with Crippen molar-refractivity contribution in [1.29, 1.82) is 0 Å². The van der Waals surface area contributed by atoms with E-state index in [0.29, 0.717) is 34.7 Å². The molecular formula is C19H23Cl2NO3. The molecule has 136 valence electrons. The van der Waals surface area contributed by atoms with E-state index in [1.807, 2.05) is 36.4 Å². The van der Waals surface area contributed by atoms with Crippen molar-refractivity contribution in [2.24, 2.45) is 0 Å². The fourth-order valence-electron chi connectivity index (χ4n) is 2.33. The third-order valence-corrected chi connectivity index (χ3v) is 4.15. The molecule has 1 N–H and O–H groups in total. The number of rotatable bonds is 10. The Kier molecular flexibility index (Phi) is 8.35. The second kappa shape index (κ2) is 10.5. The van der Waals surface area contributed by atoms with Crippen LogP contribution in [0.1, 0.15) is 17.5 Å². The average molecular weight is 384 g/mol. The van der Waals surface area contributed by atoms with Crippen LogP contribution in [0.25, 0.3) is 0 Å². The largest absolute Gasteiger partial charge is 0.493 e. The van der Waals surface area contributed by atoms with Gasteiger partial charge >= 0.3 is 0 Å². The van der Waals surface area contributed by atoms with E-state index >= 15 is 0 Å². The lowest BCUT2D eigenvalue weighted by atomic mass is 10.2. The number of hydrogen-bond donors (Lipinski definition) is 1. The second-order valence-corrected chi connectivity index (χ2v) is 6.39. The first-order valence-electron chi connectivity index (χ1n) is 8.07. The van der Waals surface area contributed by atoms with Crippen LogP contribution in [0.3, 0.4) is 0 Å². The molecule has 0 amide bonds. The van der Waals surface area contributed by atoms with Crippen molar-refractivity contribution in [3.05, 3.63) is 57.6 Å². The molecule has 2 aromatic carbocycles. The lowest BCUT2D eigenvalue weighted by Crippen LogP contribution is -2.16. The summed E-state index contributed by atoms with van der Waals surface area (Å²) in [6, 6.07) is 11.3. The molecule has 0 saturated heterocycles. The van der Waals surface area contributed by atoms with Crippen LogP contribution in [0.5, 0.6) is 11.5 Å². The van der Waals surface area contributed by atoms with Crippen LogP contribution >= 0.6 is 23.2 Å². The van der Waals surface area contributed by atoms with Crippen LogP contribution < -0.4 is 14.8 Å². The van der Waals surface area contributed by atoms with Crippen LogP contribution in [0.2, 0.25) is 10.0 Å². The summed E-state index contributed by atoms with van der Waals surface area (Å²) in [5, 5.41) is 4.58. The van der Waals surface area contributed by atoms with Gasteiger partial charge in [0, 0.05) is 25.3 Å². The predicted octanol–water partition coefficient (Wildman–Crippen LogP) is 4.71. The molecule has 25 heavy (non-hydrogen) atoms. The van der Waals surface area contributed by atoms with E-state index in [-0.39, 0.29) is 0 Å². The zero-order chi connectivity index (χ0) is 18.1. The van der Waals surface area contributed by atoms with E-state index in [4.69, 9.17) is 37.4 Å². The maximum atomic E-state index is 6.39. The Morgan fingerprint density at radius 3 is 2.44 bits per heavy atom. The fraction of sp³-hybridized carbons (Fsp3) is 0.368. The number of hydrogen-bond acceptors (Lipinski definition) is 4. The Morgan fingerprint density at radius 1 is 1.00 bits per heavy atom. The maximum Gasteiger partial charge on any atom is 0.180 e. The summed E-state index contributed by atoms with van der Waals surface area (Å²) in [5.41, 5.74) is 2.05. The lowest BCUT2D eigenvalue weighted by Gasteiger charge is -2.15. The van der Waals surface area contributed by atoms with Crippen LogP contribution in [0.15, 0.2) is 36.4 Å². The summed E-state index contributed by atoms with van der Waals surface area (Å²) >= 11 is 12.3. The first-order chi connectivity index (χ1) is 12.1. The standard InChI is InChI=1S/C19H23Cl2NO3/c1-23-9-3-8-22-12-15-10-17(21)19(18(11-15)24-2)25-13-14-4-6-16(20)7-5-14/h4-7,10-11,22H,3,8-9,12-13H2,1-2H3. The van der Waals surface area contributed by atoms with E-state index in [1.54, 1.807) is 14.2 Å². The number of nitrogens with one attached hydrogen (secondary N) is 1. The highest BCUT2D eigenvalue weighted by Crippen LogP contribution is 2.37. The zero-order valence-electron chi connectivity index (χ0n) is 14.5. The molecular weight excluding hydrogens is 361 g/mol. The van der Waals surface area contributed by atoms with Gasteiger partial charge < -0.3 is 19.5 Å². The summed E-state index contributed by atoms with van der Waals surface area (Å²) in [6.45, 7) is 2.72. The van der Waals surface area contributed by atoms with E-state index < -0.39 is 0 Å². The van der Waals surface area contributed by atoms with Gasteiger partial charge in [-0.1, -0.05) is 35.3 Å². The molecule has 0 spiro atoms. The van der Waals surface area contributed by atoms with E-state index in [1.165, 1.54) is 0 Å². The molecule has 0 unspecified atom stereocenters. The molecule has 0 fully saturated rings. The van der Waals surface area contributed by atoms with Crippen molar-refractivity contribution in [2.45, 2.75) is 19.6 Å². The molecule has 0 atom stereocenters. The van der Waals surface area contributed by atoms with Crippen LogP contribution in [0.4, 0.5) is 0 Å². The van der Waals surface area contributed by atoms with Crippen molar-refractivity contribution in [3.63, 3.8) is 0 Å². The zero-order valence-corrected chi connectivity index (χ0v) is 16.0. The molecule has 0 bridgehead atoms. The van der Waals surface area contributed by atoms with Crippen molar-refractivity contribution in [2.75, 3.05) is 27.4 Å². The Bertz CT molecular complexity index is 662. The van der Waals surface area contributed by atoms with Crippen molar-refractivity contribution >= 4 is 23.2 Å². The highest BCUT2D eigenvalue weighted by molar-refractivity contribution is 6.32.